The number of thiophene rings is 1. The van der Waals surface area contributed by atoms with Gasteiger partial charge in [-0.25, -0.2) is 0 Å². The van der Waals surface area contributed by atoms with Gasteiger partial charge in [0, 0.05) is 12.6 Å². The zero-order valence-electron chi connectivity index (χ0n) is 17.7. The fraction of sp³-hybridized carbons (Fsp3) is 0.286. The molecule has 2 aromatic rings. The number of aromatic nitrogens is 3. The summed E-state index contributed by atoms with van der Waals surface area (Å²) in [6, 6.07) is 2.99. The Morgan fingerprint density at radius 3 is 2.76 bits per heavy atom. The van der Waals surface area contributed by atoms with Crippen molar-refractivity contribution in [3.8, 4) is 22.9 Å². The molecule has 1 aliphatic carbocycles. The summed E-state index contributed by atoms with van der Waals surface area (Å²) >= 11 is 2.20. The Hall–Kier alpha value is -3.51. The summed E-state index contributed by atoms with van der Waals surface area (Å²) in [5.74, 6) is -1.02. The molecular weight excluding hydrogens is 468 g/mol. The summed E-state index contributed by atoms with van der Waals surface area (Å²) < 4.78 is 11.2. The summed E-state index contributed by atoms with van der Waals surface area (Å²) in [5, 5.41) is 13.1. The first-order chi connectivity index (χ1) is 15.7. The molecule has 1 aliphatic heterocycles. The number of aromatic hydroxyl groups is 1. The lowest BCUT2D eigenvalue weighted by Crippen LogP contribution is -2.30. The van der Waals surface area contributed by atoms with E-state index in [0.717, 1.165) is 18.0 Å². The van der Waals surface area contributed by atoms with Gasteiger partial charge in [0.25, 0.3) is 22.3 Å². The topological polar surface area (TPSA) is 157 Å². The van der Waals surface area contributed by atoms with Crippen LogP contribution < -0.4 is 26.9 Å². The van der Waals surface area contributed by atoms with E-state index in [2.05, 4.69) is 23.2 Å². The number of nitrogens with two attached hydrogens (primary N) is 1. The third kappa shape index (κ3) is 4.14. The third-order valence-corrected chi connectivity index (χ3v) is 6.75. The van der Waals surface area contributed by atoms with Crippen LogP contribution in [0.3, 0.4) is 0 Å². The van der Waals surface area contributed by atoms with E-state index in [9.17, 15) is 24.3 Å². The average Bonchev–Trinajstić information content (AvgIpc) is 3.25. The predicted molar refractivity (Wildman–Crippen MR) is 125 cm³/mol. The van der Waals surface area contributed by atoms with Crippen LogP contribution in [0.5, 0.6) is 11.5 Å². The summed E-state index contributed by atoms with van der Waals surface area (Å²) in [7, 11) is 0. The molecule has 4 rings (SSSR count). The van der Waals surface area contributed by atoms with Crippen molar-refractivity contribution in [2.24, 2.45) is 11.7 Å². The molecule has 2 aliphatic rings. The normalized spacial score (nSPS) is 11.5. The number of primary amides is 1. The molecule has 0 radical (unpaired) electrons. The summed E-state index contributed by atoms with van der Waals surface area (Å²) in [6.45, 7) is 4.01. The molecule has 33 heavy (non-hydrogen) atoms. The van der Waals surface area contributed by atoms with E-state index in [-0.39, 0.29) is 32.8 Å². The van der Waals surface area contributed by atoms with Gasteiger partial charge in [-0.3, -0.25) is 23.7 Å². The van der Waals surface area contributed by atoms with E-state index >= 15 is 0 Å². The Morgan fingerprint density at radius 1 is 1.30 bits per heavy atom. The molecule has 12 heteroatoms. The smallest absolute Gasteiger partial charge is 0.269 e. The van der Waals surface area contributed by atoms with Gasteiger partial charge in [-0.2, -0.15) is 4.37 Å². The highest BCUT2D eigenvalue weighted by atomic mass is 32.1. The minimum Gasteiger partial charge on any atom is -0.506 e. The third-order valence-electron chi connectivity index (χ3n) is 5.02. The molecule has 0 saturated heterocycles. The van der Waals surface area contributed by atoms with Crippen molar-refractivity contribution in [3.63, 3.8) is 0 Å². The van der Waals surface area contributed by atoms with E-state index in [1.54, 1.807) is 16.0 Å². The SMILES string of the molecule is CC(C)CCn1c(=O)c(-c2nsc3cc(OCC(N)=O)c(=O)c(=O)c=3[nH]2)c(O)c2ccsc21. The number of hydrogen-bond acceptors (Lipinski definition) is 9. The van der Waals surface area contributed by atoms with Crippen LogP contribution in [0.1, 0.15) is 20.3 Å². The van der Waals surface area contributed by atoms with Gasteiger partial charge in [0.15, 0.2) is 18.2 Å². The van der Waals surface area contributed by atoms with Crippen molar-refractivity contribution >= 4 is 39.0 Å². The molecule has 10 nitrogen and oxygen atoms in total. The van der Waals surface area contributed by atoms with Gasteiger partial charge in [-0.05, 0) is 35.3 Å². The molecule has 0 atom stereocenters. The Kier molecular flexibility index (Phi) is 6.04. The second kappa shape index (κ2) is 8.79. The lowest BCUT2D eigenvalue weighted by atomic mass is 10.1. The maximum absolute atomic E-state index is 13.4. The van der Waals surface area contributed by atoms with Gasteiger partial charge in [0.05, 0.1) is 9.92 Å². The molecule has 172 valence electrons. The largest absolute Gasteiger partial charge is 0.506 e. The van der Waals surface area contributed by atoms with Crippen molar-refractivity contribution in [3.05, 3.63) is 58.2 Å². The molecule has 0 unspecified atom stereocenters. The Labute approximate surface area is 193 Å². The first kappa shape index (κ1) is 22.7. The maximum atomic E-state index is 13.4. The number of fused-ring (bicyclic) bond motifs is 1. The standard InChI is InChI=1S/C21H20N4O6S2/c1-9(2)3-5-25-20(30)14(16(27)10-4-6-32-21(10)25)19-23-15-12(33-24-19)7-11(17(28)18(15)29)31-8-13(22)26/h4,6-7,9,27H,3,5,8H2,1-2H3,(H2,22,26)(H,23,24). The highest BCUT2D eigenvalue weighted by Crippen LogP contribution is 2.34. The number of nitrogens with zero attached hydrogens (tertiary/aromatic N) is 2. The van der Waals surface area contributed by atoms with Crippen molar-refractivity contribution < 1.29 is 14.6 Å². The Morgan fingerprint density at radius 2 is 2.06 bits per heavy atom. The number of pyridine rings is 1. The molecule has 0 aromatic carbocycles. The summed E-state index contributed by atoms with van der Waals surface area (Å²) in [4.78, 5) is 52.7. The number of ether oxygens (including phenoxy) is 1. The van der Waals surface area contributed by atoms with Crippen LogP contribution in [0.4, 0.5) is 0 Å². The number of aryl methyl sites for hydroxylation is 1. The van der Waals surface area contributed by atoms with Crippen LogP contribution in [0.15, 0.2) is 31.9 Å². The van der Waals surface area contributed by atoms with E-state index in [4.69, 9.17) is 10.5 Å². The van der Waals surface area contributed by atoms with Crippen molar-refractivity contribution in [1.82, 2.24) is 13.9 Å². The number of nitrogens with one attached hydrogen (secondary N) is 1. The fourth-order valence-electron chi connectivity index (χ4n) is 3.34. The molecule has 4 N–H and O–H groups in total. The highest BCUT2D eigenvalue weighted by Gasteiger charge is 2.21. The predicted octanol–water partition coefficient (Wildman–Crippen LogP) is 1.58. The van der Waals surface area contributed by atoms with Gasteiger partial charge < -0.3 is 20.6 Å². The number of carbonyl (C=O) groups excluding carboxylic acids is 1. The molecule has 1 amide bonds. The van der Waals surface area contributed by atoms with Crippen LogP contribution in [-0.4, -0.2) is 31.5 Å². The number of H-pyrrole nitrogens is 1. The number of carbonyl (C=O) groups is 1. The molecule has 0 spiro atoms. The molecule has 2 aromatic heterocycles. The summed E-state index contributed by atoms with van der Waals surface area (Å²) in [5.41, 5.74) is 2.62. The number of hydrogen-bond donors (Lipinski definition) is 3. The minimum atomic E-state index is -0.962. The molecule has 0 saturated carbocycles. The van der Waals surface area contributed by atoms with Crippen LogP contribution in [0.25, 0.3) is 21.6 Å². The van der Waals surface area contributed by atoms with Crippen molar-refractivity contribution in [2.75, 3.05) is 6.61 Å². The molecule has 0 fully saturated rings. The van der Waals surface area contributed by atoms with Crippen LogP contribution in [-0.2, 0) is 11.3 Å². The minimum absolute atomic E-state index is 0.0244. The van der Waals surface area contributed by atoms with Crippen LogP contribution in [0, 0.1) is 15.8 Å². The first-order valence-electron chi connectivity index (χ1n) is 10.0. The van der Waals surface area contributed by atoms with Gasteiger partial charge in [0.2, 0.25) is 0 Å². The average molecular weight is 489 g/mol. The lowest BCUT2D eigenvalue weighted by Gasteiger charge is -2.13. The number of rotatable bonds is 7. The van der Waals surface area contributed by atoms with E-state index in [1.165, 1.54) is 17.4 Å². The monoisotopic (exact) mass is 488 g/mol. The number of amides is 1. The van der Waals surface area contributed by atoms with Gasteiger partial charge in [-0.15, -0.1) is 11.3 Å². The van der Waals surface area contributed by atoms with Crippen LogP contribution in [0.2, 0.25) is 0 Å². The number of aromatic amines is 1. The first-order valence-corrected chi connectivity index (χ1v) is 11.7. The Balaban J connectivity index is 1.93. The van der Waals surface area contributed by atoms with E-state index in [0.29, 0.717) is 22.7 Å². The van der Waals surface area contributed by atoms with E-state index in [1.807, 2.05) is 0 Å². The second-order valence-corrected chi connectivity index (χ2v) is 9.52. The lowest BCUT2D eigenvalue weighted by molar-refractivity contribution is -0.119. The second-order valence-electron chi connectivity index (χ2n) is 7.82. The molecular formula is C21H20N4O6S2. The molecule has 0 bridgehead atoms. The van der Waals surface area contributed by atoms with Crippen molar-refractivity contribution in [1.29, 1.82) is 0 Å². The van der Waals surface area contributed by atoms with Gasteiger partial charge in [0.1, 0.15) is 21.5 Å². The fourth-order valence-corrected chi connectivity index (χ4v) is 4.99. The van der Waals surface area contributed by atoms with Crippen molar-refractivity contribution in [2.45, 2.75) is 26.8 Å². The molecule has 3 heterocycles. The quantitative estimate of drug-likeness (QED) is 0.333. The van der Waals surface area contributed by atoms with Crippen LogP contribution >= 0.6 is 22.9 Å². The highest BCUT2D eigenvalue weighted by molar-refractivity contribution is 7.16. The zero-order valence-corrected chi connectivity index (χ0v) is 19.3. The van der Waals surface area contributed by atoms with Gasteiger partial charge in [-0.1, -0.05) is 13.8 Å². The van der Waals surface area contributed by atoms with E-state index < -0.39 is 28.9 Å². The maximum Gasteiger partial charge on any atom is 0.269 e. The Bertz CT molecular complexity index is 1620. The van der Waals surface area contributed by atoms with Gasteiger partial charge >= 0.3 is 0 Å². The summed E-state index contributed by atoms with van der Waals surface area (Å²) in [6.07, 6.45) is 0.757. The zero-order chi connectivity index (χ0) is 23.9.